The maximum Gasteiger partial charge on any atom is 0.0640 e. The van der Waals surface area contributed by atoms with Gasteiger partial charge in [-0.1, -0.05) is 133 Å². The number of hydrogen-bond acceptors (Lipinski definition) is 2. The van der Waals surface area contributed by atoms with Crippen LogP contribution >= 0.6 is 22.7 Å². The molecule has 7 aromatic carbocycles. The molecule has 0 N–H and O–H groups in total. The molecule has 0 saturated heterocycles. The molecule has 0 bridgehead atoms. The van der Waals surface area contributed by atoms with Gasteiger partial charge in [0, 0.05) is 35.8 Å². The molecule has 0 spiro atoms. The zero-order valence-corrected chi connectivity index (χ0v) is 29.4. The molecular weight excluding hydrogens is 655 g/mol. The standard InChI is InChI=1S/C48H31NS2/c1-3-12-30(13-4-1)32-22-24-37-36-16-7-9-19-41(36)49(43(37)28-32)42-20-11-18-40-46-34(26-27-35(48(46)51-47(40)42)31-14-5-2-6-15-31)33-23-25-39-38-17-8-10-21-44(38)50-45(39)29-33/h1-7,9-16,18-29H,8,17H2. The molecular formula is C48H31NS2. The highest BCUT2D eigenvalue weighted by Gasteiger charge is 2.21. The molecule has 0 unspecified atom stereocenters. The van der Waals surface area contributed by atoms with Crippen LogP contribution < -0.4 is 0 Å². The Bertz CT molecular complexity index is 3010. The first kappa shape index (κ1) is 29.0. The average Bonchev–Trinajstić information content (AvgIpc) is 3.88. The monoisotopic (exact) mass is 685 g/mol. The Morgan fingerprint density at radius 2 is 1.20 bits per heavy atom. The van der Waals surface area contributed by atoms with Crippen molar-refractivity contribution in [1.82, 2.24) is 4.57 Å². The van der Waals surface area contributed by atoms with E-state index in [1.54, 1.807) is 0 Å². The van der Waals surface area contributed by atoms with Crippen molar-refractivity contribution in [1.29, 1.82) is 0 Å². The fraction of sp³-hybridized carbons (Fsp3) is 0.0417. The summed E-state index contributed by atoms with van der Waals surface area (Å²) in [4.78, 5) is 1.42. The Kier molecular flexibility index (Phi) is 6.49. The molecule has 0 fully saturated rings. The van der Waals surface area contributed by atoms with Crippen LogP contribution in [0.4, 0.5) is 0 Å². The van der Waals surface area contributed by atoms with Gasteiger partial charge in [-0.25, -0.2) is 0 Å². The number of hydrogen-bond donors (Lipinski definition) is 0. The second kappa shape index (κ2) is 11.4. The highest BCUT2D eigenvalue weighted by Crippen LogP contribution is 2.48. The summed E-state index contributed by atoms with van der Waals surface area (Å²) in [5.74, 6) is 0. The Labute approximate surface area is 304 Å². The van der Waals surface area contributed by atoms with Crippen LogP contribution in [0.2, 0.25) is 0 Å². The van der Waals surface area contributed by atoms with E-state index in [-0.39, 0.29) is 0 Å². The molecule has 3 aromatic heterocycles. The van der Waals surface area contributed by atoms with E-state index < -0.39 is 0 Å². The van der Waals surface area contributed by atoms with Crippen molar-refractivity contribution in [3.63, 3.8) is 0 Å². The van der Waals surface area contributed by atoms with Crippen LogP contribution in [0.25, 0.3) is 97.2 Å². The van der Waals surface area contributed by atoms with Crippen molar-refractivity contribution in [3.8, 4) is 39.1 Å². The lowest BCUT2D eigenvalue weighted by Crippen LogP contribution is -1.94. The van der Waals surface area contributed by atoms with Crippen LogP contribution in [-0.4, -0.2) is 4.57 Å². The predicted octanol–water partition coefficient (Wildman–Crippen LogP) is 14.3. The number of thiophene rings is 2. The molecule has 11 rings (SSSR count). The second-order valence-corrected chi connectivity index (χ2v) is 15.6. The van der Waals surface area contributed by atoms with Gasteiger partial charge < -0.3 is 4.57 Å². The first-order chi connectivity index (χ1) is 25.3. The highest BCUT2D eigenvalue weighted by atomic mass is 32.1. The Hall–Kier alpha value is -5.74. The smallest absolute Gasteiger partial charge is 0.0640 e. The fourth-order valence-electron chi connectivity index (χ4n) is 8.34. The van der Waals surface area contributed by atoms with Crippen LogP contribution in [0.3, 0.4) is 0 Å². The van der Waals surface area contributed by atoms with Crippen molar-refractivity contribution in [3.05, 3.63) is 168 Å². The van der Waals surface area contributed by atoms with Crippen LogP contribution in [-0.2, 0) is 6.42 Å². The summed E-state index contributed by atoms with van der Waals surface area (Å²) in [6.45, 7) is 0. The lowest BCUT2D eigenvalue weighted by molar-refractivity contribution is 1.01. The zero-order chi connectivity index (χ0) is 33.5. The molecule has 1 aliphatic carbocycles. The number of aryl methyl sites for hydroxylation is 1. The van der Waals surface area contributed by atoms with E-state index in [9.17, 15) is 0 Å². The molecule has 0 amide bonds. The molecule has 1 aliphatic rings. The van der Waals surface area contributed by atoms with E-state index in [4.69, 9.17) is 0 Å². The zero-order valence-electron chi connectivity index (χ0n) is 27.8. The third kappa shape index (κ3) is 4.45. The third-order valence-corrected chi connectivity index (χ3v) is 13.1. The van der Waals surface area contributed by atoms with Crippen molar-refractivity contribution in [2.75, 3.05) is 0 Å². The van der Waals surface area contributed by atoms with Gasteiger partial charge in [0.2, 0.25) is 0 Å². The maximum atomic E-state index is 2.51. The summed E-state index contributed by atoms with van der Waals surface area (Å²) in [7, 11) is 0. The van der Waals surface area contributed by atoms with Crippen LogP contribution in [0.1, 0.15) is 16.9 Å². The van der Waals surface area contributed by atoms with Gasteiger partial charge >= 0.3 is 0 Å². The van der Waals surface area contributed by atoms with E-state index >= 15 is 0 Å². The molecule has 0 radical (unpaired) electrons. The van der Waals surface area contributed by atoms with Crippen LogP contribution in [0.15, 0.2) is 158 Å². The first-order valence-electron chi connectivity index (χ1n) is 17.7. The number of aromatic nitrogens is 1. The first-order valence-corrected chi connectivity index (χ1v) is 19.3. The normalized spacial score (nSPS) is 12.9. The van der Waals surface area contributed by atoms with Gasteiger partial charge in [-0.15, -0.1) is 22.7 Å². The molecule has 51 heavy (non-hydrogen) atoms. The predicted molar refractivity (Wildman–Crippen MR) is 223 cm³/mol. The van der Waals surface area contributed by atoms with Crippen molar-refractivity contribution in [2.45, 2.75) is 12.8 Å². The van der Waals surface area contributed by atoms with Crippen LogP contribution in [0.5, 0.6) is 0 Å². The van der Waals surface area contributed by atoms with Gasteiger partial charge in [0.25, 0.3) is 0 Å². The largest absolute Gasteiger partial charge is 0.308 e. The van der Waals surface area contributed by atoms with Gasteiger partial charge in [0.15, 0.2) is 0 Å². The van der Waals surface area contributed by atoms with E-state index in [0.717, 1.165) is 12.8 Å². The van der Waals surface area contributed by atoms with Crippen molar-refractivity contribution < 1.29 is 0 Å². The third-order valence-electron chi connectivity index (χ3n) is 10.7. The molecule has 0 saturated carbocycles. The molecule has 10 aromatic rings. The molecule has 3 heteroatoms. The number of nitrogens with zero attached hydrogens (tertiary/aromatic N) is 1. The molecule has 240 valence electrons. The molecule has 0 atom stereocenters. The Morgan fingerprint density at radius 1 is 0.471 bits per heavy atom. The topological polar surface area (TPSA) is 4.93 Å². The van der Waals surface area contributed by atoms with E-state index in [1.807, 2.05) is 22.7 Å². The van der Waals surface area contributed by atoms with Gasteiger partial charge in [-0.3, -0.25) is 0 Å². The second-order valence-electron chi connectivity index (χ2n) is 13.5. The minimum Gasteiger partial charge on any atom is -0.308 e. The number of allylic oxidation sites excluding steroid dienone is 1. The van der Waals surface area contributed by atoms with Crippen molar-refractivity contribution in [2.24, 2.45) is 0 Å². The minimum absolute atomic E-state index is 1.13. The average molecular weight is 686 g/mol. The number of fused-ring (bicyclic) bond motifs is 9. The van der Waals surface area contributed by atoms with E-state index in [2.05, 4.69) is 168 Å². The summed E-state index contributed by atoms with van der Waals surface area (Å²) in [6, 6.07) is 56.2. The quantitative estimate of drug-likeness (QED) is 0.174. The SMILES string of the molecule is C1=Cc2sc3cc(-c4ccc(-c5ccccc5)c5sc6c(-n7c8ccccc8c8ccc(-c9ccccc9)cc87)cccc6c45)ccc3c2CC1. The van der Waals surface area contributed by atoms with E-state index in [0.29, 0.717) is 0 Å². The molecule has 3 heterocycles. The van der Waals surface area contributed by atoms with Crippen molar-refractivity contribution >= 4 is 80.8 Å². The van der Waals surface area contributed by atoms with Gasteiger partial charge in [-0.2, -0.15) is 0 Å². The lowest BCUT2D eigenvalue weighted by Gasteiger charge is -2.11. The maximum absolute atomic E-state index is 2.51. The van der Waals surface area contributed by atoms with Gasteiger partial charge in [-0.05, 0) is 87.5 Å². The molecule has 1 nitrogen and oxygen atoms in total. The van der Waals surface area contributed by atoms with Crippen LogP contribution in [0, 0.1) is 0 Å². The lowest BCUT2D eigenvalue weighted by atomic mass is 9.93. The summed E-state index contributed by atoms with van der Waals surface area (Å²) >= 11 is 3.87. The number of para-hydroxylation sites is 1. The van der Waals surface area contributed by atoms with Gasteiger partial charge in [0.05, 0.1) is 21.4 Å². The highest BCUT2D eigenvalue weighted by molar-refractivity contribution is 7.27. The number of benzene rings is 7. The number of rotatable bonds is 4. The molecule has 0 aliphatic heterocycles. The summed E-state index contributed by atoms with van der Waals surface area (Å²) in [6.07, 6.45) is 6.90. The minimum atomic E-state index is 1.13. The fourth-order valence-corrected chi connectivity index (χ4v) is 10.9. The summed E-state index contributed by atoms with van der Waals surface area (Å²) in [5.41, 5.74) is 12.8. The van der Waals surface area contributed by atoms with Gasteiger partial charge in [0.1, 0.15) is 0 Å². The Morgan fingerprint density at radius 3 is 2.08 bits per heavy atom. The van der Waals surface area contributed by atoms with E-state index in [1.165, 1.54) is 102 Å². The summed E-state index contributed by atoms with van der Waals surface area (Å²) in [5, 5.41) is 6.61. The Balaban J connectivity index is 1.21. The summed E-state index contributed by atoms with van der Waals surface area (Å²) < 4.78 is 6.53.